The Hall–Kier alpha value is 0.300. The van der Waals surface area contributed by atoms with Crippen molar-refractivity contribution in [2.24, 2.45) is 0 Å². The Morgan fingerprint density at radius 1 is 0.733 bits per heavy atom. The molecule has 176 valence electrons. The zero-order chi connectivity index (χ0) is 21.5. The third-order valence-corrected chi connectivity index (χ3v) is 6.71. The van der Waals surface area contributed by atoms with Crippen LogP contribution in [0, 0.1) is 20.8 Å². The Balaban J connectivity index is 0.00000841. The maximum atomic E-state index is 5.94. The van der Waals surface area contributed by atoms with Crippen LogP contribution in [-0.4, -0.2) is 19.5 Å². The summed E-state index contributed by atoms with van der Waals surface area (Å²) in [4.78, 5) is 0. The molecule has 1 aromatic rings. The van der Waals surface area contributed by atoms with Crippen molar-refractivity contribution in [3.63, 3.8) is 0 Å². The molecule has 0 bridgehead atoms. The summed E-state index contributed by atoms with van der Waals surface area (Å²) in [5.74, 6) is 0. The average molecular weight is 551 g/mol. The first-order chi connectivity index (χ1) is 14.0. The molecule has 0 aromatic heterocycles. The lowest BCUT2D eigenvalue weighted by Crippen LogP contribution is -2.18. The highest BCUT2D eigenvalue weighted by Crippen LogP contribution is 2.20. The highest BCUT2D eigenvalue weighted by Gasteiger charge is 2.09. The lowest BCUT2D eigenvalue weighted by molar-refractivity contribution is -0.147. The highest BCUT2D eigenvalue weighted by molar-refractivity contribution is 14.0. The molecule has 0 radical (unpaired) electrons. The van der Waals surface area contributed by atoms with Crippen molar-refractivity contribution in [3.8, 4) is 0 Å². The van der Waals surface area contributed by atoms with Crippen LogP contribution in [0.25, 0.3) is 0 Å². The molecule has 1 unspecified atom stereocenters. The number of benzene rings is 1. The van der Waals surface area contributed by atoms with Gasteiger partial charge in [-0.05, 0) is 86.9 Å². The number of ether oxygens (including phenoxy) is 2. The van der Waals surface area contributed by atoms with Crippen molar-refractivity contribution in [1.82, 2.24) is 0 Å². The Morgan fingerprint density at radius 3 is 1.83 bits per heavy atom. The van der Waals surface area contributed by atoms with E-state index in [0.717, 1.165) is 32.5 Å². The number of aryl methyl sites for hydroxylation is 1. The summed E-state index contributed by atoms with van der Waals surface area (Å²) in [5.41, 5.74) is 5.91. The van der Waals surface area contributed by atoms with Gasteiger partial charge in [0, 0.05) is 13.2 Å². The average Bonchev–Trinajstić information content (AvgIpc) is 2.71. The molecule has 0 amide bonds. The quantitative estimate of drug-likeness (QED) is 0.0848. The van der Waals surface area contributed by atoms with Crippen molar-refractivity contribution in [2.45, 2.75) is 118 Å². The third kappa shape index (κ3) is 12.4. The van der Waals surface area contributed by atoms with Crippen molar-refractivity contribution in [1.29, 1.82) is 0 Å². The molecule has 4 heteroatoms. The van der Waals surface area contributed by atoms with Gasteiger partial charge in [-0.1, -0.05) is 58.4 Å². The number of unbranched alkanes of at least 4 members (excludes halogenated alkanes) is 7. The summed E-state index contributed by atoms with van der Waals surface area (Å²) in [5, 5.41) is 1.36. The van der Waals surface area contributed by atoms with Crippen LogP contribution in [0.2, 0.25) is 0 Å². The molecule has 0 saturated carbocycles. The van der Waals surface area contributed by atoms with E-state index in [4.69, 9.17) is 9.47 Å². The van der Waals surface area contributed by atoms with E-state index in [2.05, 4.69) is 49.9 Å². The van der Waals surface area contributed by atoms with Crippen molar-refractivity contribution >= 4 is 38.5 Å². The van der Waals surface area contributed by atoms with Crippen LogP contribution >= 0.6 is 33.2 Å². The minimum atomic E-state index is 0. The van der Waals surface area contributed by atoms with Crippen LogP contribution in [-0.2, 0) is 15.9 Å². The maximum absolute atomic E-state index is 5.94. The Morgan fingerprint density at radius 2 is 1.27 bits per heavy atom. The van der Waals surface area contributed by atoms with Crippen LogP contribution in [0.5, 0.6) is 0 Å². The van der Waals surface area contributed by atoms with Crippen molar-refractivity contribution in [2.75, 3.05) is 13.2 Å². The Labute approximate surface area is 206 Å². The molecule has 0 heterocycles. The molecule has 0 aliphatic carbocycles. The fourth-order valence-electron chi connectivity index (χ4n) is 3.67. The molecule has 0 saturated heterocycles. The summed E-state index contributed by atoms with van der Waals surface area (Å²) in [6.07, 6.45) is 14.7. The zero-order valence-corrected chi connectivity index (χ0v) is 23.8. The van der Waals surface area contributed by atoms with Gasteiger partial charge in [-0.3, -0.25) is 0 Å². The van der Waals surface area contributed by atoms with Crippen molar-refractivity contribution < 1.29 is 9.47 Å². The van der Waals surface area contributed by atoms with E-state index >= 15 is 0 Å². The lowest BCUT2D eigenvalue weighted by Gasteiger charge is -2.18. The normalized spacial score (nSPS) is 11.2. The molecular formula is C26H48IO2P. The molecule has 30 heavy (non-hydrogen) atoms. The number of rotatable bonds is 17. The van der Waals surface area contributed by atoms with E-state index in [1.807, 2.05) is 0 Å². The maximum Gasteiger partial charge on any atom is 0.157 e. The largest absolute Gasteiger partial charge is 0.353 e. The molecule has 0 aliphatic heterocycles. The Bertz CT molecular complexity index is 552. The van der Waals surface area contributed by atoms with Gasteiger partial charge in [-0.25, -0.2) is 0 Å². The molecule has 1 atom stereocenters. The van der Waals surface area contributed by atoms with E-state index in [0.29, 0.717) is 0 Å². The number of hydrogen-bond acceptors (Lipinski definition) is 2. The topological polar surface area (TPSA) is 18.5 Å². The lowest BCUT2D eigenvalue weighted by atomic mass is 9.95. The SMILES string of the molecule is CCCCOC(CCCCCCCCc1cc(P)c(C)c(C)c1C)OCCCC.I. The zero-order valence-electron chi connectivity index (χ0n) is 20.4. The highest BCUT2D eigenvalue weighted by atomic mass is 127. The molecule has 1 rings (SSSR count). The summed E-state index contributed by atoms with van der Waals surface area (Å²) < 4.78 is 11.9. The minimum Gasteiger partial charge on any atom is -0.353 e. The van der Waals surface area contributed by atoms with Crippen LogP contribution in [0.4, 0.5) is 0 Å². The second-order valence-corrected chi connectivity index (χ2v) is 9.16. The van der Waals surface area contributed by atoms with Gasteiger partial charge >= 0.3 is 0 Å². The van der Waals surface area contributed by atoms with Gasteiger partial charge in [0.1, 0.15) is 0 Å². The molecule has 2 nitrogen and oxygen atoms in total. The van der Waals surface area contributed by atoms with Gasteiger partial charge in [-0.2, -0.15) is 0 Å². The van der Waals surface area contributed by atoms with Gasteiger partial charge < -0.3 is 9.47 Å². The molecule has 0 aliphatic rings. The summed E-state index contributed by atoms with van der Waals surface area (Å²) in [7, 11) is 2.90. The van der Waals surface area contributed by atoms with Crippen LogP contribution in [0.3, 0.4) is 0 Å². The second kappa shape index (κ2) is 18.8. The van der Waals surface area contributed by atoms with E-state index < -0.39 is 0 Å². The van der Waals surface area contributed by atoms with E-state index in [-0.39, 0.29) is 30.3 Å². The third-order valence-electron chi connectivity index (χ3n) is 6.11. The van der Waals surface area contributed by atoms with Crippen LogP contribution in [0.15, 0.2) is 6.07 Å². The summed E-state index contributed by atoms with van der Waals surface area (Å²) in [6, 6.07) is 2.37. The van der Waals surface area contributed by atoms with Crippen LogP contribution < -0.4 is 5.30 Å². The second-order valence-electron chi connectivity index (χ2n) is 8.54. The molecule has 1 aromatic carbocycles. The predicted octanol–water partition coefficient (Wildman–Crippen LogP) is 7.96. The predicted molar refractivity (Wildman–Crippen MR) is 147 cm³/mol. The fraction of sp³-hybridized carbons (Fsp3) is 0.769. The van der Waals surface area contributed by atoms with Crippen molar-refractivity contribution in [3.05, 3.63) is 28.3 Å². The first-order valence-electron chi connectivity index (χ1n) is 12.1. The standard InChI is InChI=1S/C26H47O2P.HI/c1-6-8-18-27-26(28-19-9-7-2)17-15-13-11-10-12-14-16-24-20-25(29)23(5)21(3)22(24)4;/h20,26H,6-19,29H2,1-5H3;1H. The smallest absolute Gasteiger partial charge is 0.157 e. The first kappa shape index (κ1) is 30.3. The summed E-state index contributed by atoms with van der Waals surface area (Å²) >= 11 is 0. The fourth-order valence-corrected chi connectivity index (χ4v) is 4.09. The van der Waals surface area contributed by atoms with Gasteiger partial charge in [-0.15, -0.1) is 33.2 Å². The van der Waals surface area contributed by atoms with Gasteiger partial charge in [0.25, 0.3) is 0 Å². The van der Waals surface area contributed by atoms with Crippen LogP contribution in [0.1, 0.15) is 107 Å². The minimum absolute atomic E-state index is 0. The van der Waals surface area contributed by atoms with E-state index in [1.54, 1.807) is 0 Å². The molecular weight excluding hydrogens is 502 g/mol. The van der Waals surface area contributed by atoms with Gasteiger partial charge in [0.2, 0.25) is 0 Å². The van der Waals surface area contributed by atoms with E-state index in [9.17, 15) is 0 Å². The summed E-state index contributed by atoms with van der Waals surface area (Å²) in [6.45, 7) is 12.8. The van der Waals surface area contributed by atoms with Gasteiger partial charge in [0.15, 0.2) is 6.29 Å². The molecule has 0 spiro atoms. The van der Waals surface area contributed by atoms with E-state index in [1.165, 1.54) is 85.3 Å². The monoisotopic (exact) mass is 550 g/mol. The Kier molecular flexibility index (Phi) is 19.0. The molecule has 0 N–H and O–H groups in total. The first-order valence-corrected chi connectivity index (χ1v) is 12.7. The molecule has 0 fully saturated rings. The number of hydrogen-bond donors (Lipinski definition) is 0. The number of halogens is 1. The van der Waals surface area contributed by atoms with Gasteiger partial charge in [0.05, 0.1) is 0 Å².